The molecule has 1 N–H and O–H groups in total. The topological polar surface area (TPSA) is 66.5 Å². The first kappa shape index (κ1) is 27.3. The summed E-state index contributed by atoms with van der Waals surface area (Å²) in [4.78, 5) is 12.7. The summed E-state index contributed by atoms with van der Waals surface area (Å²) in [5.74, 6) is -0.560. The first-order valence-corrected chi connectivity index (χ1v) is 14.4. The van der Waals surface area contributed by atoms with Crippen molar-refractivity contribution < 1.29 is 17.6 Å². The van der Waals surface area contributed by atoms with Gasteiger partial charge in [-0.05, 0) is 67.9 Å². The van der Waals surface area contributed by atoms with Crippen molar-refractivity contribution in [2.24, 2.45) is 11.8 Å². The van der Waals surface area contributed by atoms with E-state index >= 15 is 0 Å². The van der Waals surface area contributed by atoms with Crippen molar-refractivity contribution >= 4 is 27.5 Å². The molecule has 1 saturated carbocycles. The van der Waals surface area contributed by atoms with Crippen LogP contribution in [-0.2, 0) is 27.9 Å². The maximum atomic E-state index is 13.7. The summed E-state index contributed by atoms with van der Waals surface area (Å²) in [7, 11) is -3.91. The van der Waals surface area contributed by atoms with E-state index in [9.17, 15) is 17.6 Å². The van der Waals surface area contributed by atoms with Gasteiger partial charge in [-0.2, -0.15) is 4.31 Å². The highest BCUT2D eigenvalue weighted by Gasteiger charge is 2.32. The normalized spacial score (nSPS) is 18.1. The van der Waals surface area contributed by atoms with Crippen LogP contribution in [0.15, 0.2) is 77.7 Å². The van der Waals surface area contributed by atoms with Gasteiger partial charge < -0.3 is 5.32 Å². The van der Waals surface area contributed by atoms with E-state index in [1.165, 1.54) is 22.0 Å². The number of aryl methyl sites for hydroxylation is 1. The number of rotatable bonds is 9. The molecule has 3 aromatic rings. The van der Waals surface area contributed by atoms with E-state index in [2.05, 4.69) is 5.32 Å². The molecule has 0 unspecified atom stereocenters. The van der Waals surface area contributed by atoms with Crippen LogP contribution in [0.1, 0.15) is 42.4 Å². The SMILES string of the molecule is Cc1ccc(CNC(=O)C2CCC(CN(Cc3ccccc3)S(=O)(=O)c3ccc(F)c(Cl)c3)CC2)cc1. The number of benzene rings is 3. The van der Waals surface area contributed by atoms with Crippen molar-refractivity contribution in [1.82, 2.24) is 9.62 Å². The fraction of sp³-hybridized carbons (Fsp3) is 0.345. The first-order chi connectivity index (χ1) is 17.7. The lowest BCUT2D eigenvalue weighted by atomic mass is 9.81. The van der Waals surface area contributed by atoms with Crippen LogP contribution >= 0.6 is 11.6 Å². The number of hydrogen-bond donors (Lipinski definition) is 1. The van der Waals surface area contributed by atoms with Crippen LogP contribution in [-0.4, -0.2) is 25.2 Å². The van der Waals surface area contributed by atoms with Crippen molar-refractivity contribution in [3.8, 4) is 0 Å². The molecule has 0 spiro atoms. The minimum absolute atomic E-state index is 0.0287. The third kappa shape index (κ3) is 7.18. The van der Waals surface area contributed by atoms with Crippen molar-refractivity contribution in [1.29, 1.82) is 0 Å². The van der Waals surface area contributed by atoms with Gasteiger partial charge in [0.15, 0.2) is 0 Å². The van der Waals surface area contributed by atoms with E-state index in [0.29, 0.717) is 25.9 Å². The number of hydrogen-bond acceptors (Lipinski definition) is 3. The van der Waals surface area contributed by atoms with Gasteiger partial charge in [-0.15, -0.1) is 0 Å². The molecule has 0 atom stereocenters. The molecule has 0 radical (unpaired) electrons. The smallest absolute Gasteiger partial charge is 0.243 e. The zero-order chi connectivity index (χ0) is 26.4. The third-order valence-electron chi connectivity index (χ3n) is 7.00. The molecule has 1 aliphatic carbocycles. The molecule has 37 heavy (non-hydrogen) atoms. The third-order valence-corrected chi connectivity index (χ3v) is 9.09. The van der Waals surface area contributed by atoms with Gasteiger partial charge in [0, 0.05) is 25.6 Å². The molecule has 1 aliphatic rings. The van der Waals surface area contributed by atoms with Crippen LogP contribution in [0.25, 0.3) is 0 Å². The lowest BCUT2D eigenvalue weighted by molar-refractivity contribution is -0.126. The lowest BCUT2D eigenvalue weighted by Gasteiger charge is -2.32. The van der Waals surface area contributed by atoms with Gasteiger partial charge in [0.2, 0.25) is 15.9 Å². The predicted molar refractivity (Wildman–Crippen MR) is 144 cm³/mol. The lowest BCUT2D eigenvalue weighted by Crippen LogP contribution is -2.38. The molecule has 0 aliphatic heterocycles. The van der Waals surface area contributed by atoms with Gasteiger partial charge in [0.05, 0.1) is 9.92 Å². The summed E-state index contributed by atoms with van der Waals surface area (Å²) in [6.07, 6.45) is 2.94. The van der Waals surface area contributed by atoms with Gasteiger partial charge in [-0.25, -0.2) is 12.8 Å². The number of halogens is 2. The summed E-state index contributed by atoms with van der Waals surface area (Å²) < 4.78 is 42.3. The van der Waals surface area contributed by atoms with Crippen LogP contribution in [0, 0.1) is 24.6 Å². The summed E-state index contributed by atoms with van der Waals surface area (Å²) >= 11 is 5.90. The highest BCUT2D eigenvalue weighted by molar-refractivity contribution is 7.89. The fourth-order valence-corrected chi connectivity index (χ4v) is 6.53. The van der Waals surface area contributed by atoms with E-state index in [1.54, 1.807) is 0 Å². The molecule has 0 bridgehead atoms. The Hall–Kier alpha value is -2.74. The Kier molecular flexibility index (Phi) is 9.00. The molecule has 3 aromatic carbocycles. The van der Waals surface area contributed by atoms with E-state index in [0.717, 1.165) is 30.0 Å². The van der Waals surface area contributed by atoms with E-state index in [1.807, 2.05) is 61.5 Å². The number of nitrogens with zero attached hydrogens (tertiary/aromatic N) is 1. The molecular formula is C29H32ClFN2O3S. The van der Waals surface area contributed by atoms with E-state index in [-0.39, 0.29) is 34.2 Å². The molecular weight excluding hydrogens is 511 g/mol. The Morgan fingerprint density at radius 1 is 0.973 bits per heavy atom. The molecule has 0 heterocycles. The zero-order valence-electron chi connectivity index (χ0n) is 20.9. The Bertz CT molecular complexity index is 1310. The standard InChI is InChI=1S/C29H32ClFN2O3S/c1-21-7-9-22(10-8-21)18-32-29(34)25-13-11-24(12-14-25)20-33(19-23-5-3-2-4-6-23)37(35,36)26-15-16-28(31)27(30)17-26/h2-10,15-17,24-25H,11-14,18-20H2,1H3,(H,32,34). The summed E-state index contributed by atoms with van der Waals surface area (Å²) in [5, 5.41) is 2.82. The highest BCUT2D eigenvalue weighted by atomic mass is 35.5. The van der Waals surface area contributed by atoms with E-state index in [4.69, 9.17) is 11.6 Å². The second kappa shape index (κ2) is 12.2. The van der Waals surface area contributed by atoms with Crippen molar-refractivity contribution in [2.45, 2.75) is 50.6 Å². The minimum Gasteiger partial charge on any atom is -0.352 e. The molecule has 1 amide bonds. The van der Waals surface area contributed by atoms with E-state index < -0.39 is 15.8 Å². The average molecular weight is 543 g/mol. The van der Waals surface area contributed by atoms with Crippen molar-refractivity contribution in [2.75, 3.05) is 6.54 Å². The van der Waals surface area contributed by atoms with Gasteiger partial charge in [0.25, 0.3) is 0 Å². The van der Waals surface area contributed by atoms with Crippen LogP contribution in [0.5, 0.6) is 0 Å². The van der Waals surface area contributed by atoms with Crippen LogP contribution < -0.4 is 5.32 Å². The quantitative estimate of drug-likeness (QED) is 0.355. The van der Waals surface area contributed by atoms with Gasteiger partial charge in [-0.3, -0.25) is 4.79 Å². The molecule has 196 valence electrons. The number of amides is 1. The molecule has 0 saturated heterocycles. The van der Waals surface area contributed by atoms with Gasteiger partial charge in [0.1, 0.15) is 5.82 Å². The number of nitrogens with one attached hydrogen (secondary N) is 1. The summed E-state index contributed by atoms with van der Waals surface area (Å²) in [5.41, 5.74) is 3.11. The second-order valence-electron chi connectivity index (χ2n) is 9.78. The number of carbonyl (C=O) groups is 1. The zero-order valence-corrected chi connectivity index (χ0v) is 22.4. The Morgan fingerprint density at radius 2 is 1.65 bits per heavy atom. The van der Waals surface area contributed by atoms with Crippen molar-refractivity contribution in [3.05, 3.63) is 100 Å². The van der Waals surface area contributed by atoms with Gasteiger partial charge in [-0.1, -0.05) is 71.8 Å². The summed E-state index contributed by atoms with van der Waals surface area (Å²) in [6, 6.07) is 21.0. The Labute approximate surface area is 223 Å². The minimum atomic E-state index is -3.91. The van der Waals surface area contributed by atoms with Crippen molar-refractivity contribution in [3.63, 3.8) is 0 Å². The Balaban J connectivity index is 1.40. The average Bonchev–Trinajstić information content (AvgIpc) is 2.90. The first-order valence-electron chi connectivity index (χ1n) is 12.5. The predicted octanol–water partition coefficient (Wildman–Crippen LogP) is 6.10. The maximum Gasteiger partial charge on any atom is 0.243 e. The second-order valence-corrected chi connectivity index (χ2v) is 12.1. The molecule has 5 nitrogen and oxygen atoms in total. The van der Waals surface area contributed by atoms with Crippen LogP contribution in [0.2, 0.25) is 5.02 Å². The molecule has 8 heteroatoms. The molecule has 1 fully saturated rings. The largest absolute Gasteiger partial charge is 0.352 e. The Morgan fingerprint density at radius 3 is 2.30 bits per heavy atom. The molecule has 0 aromatic heterocycles. The monoisotopic (exact) mass is 542 g/mol. The number of sulfonamides is 1. The fourth-order valence-electron chi connectivity index (χ4n) is 4.76. The summed E-state index contributed by atoms with van der Waals surface area (Å²) in [6.45, 7) is 3.06. The maximum absolute atomic E-state index is 13.7. The molecule has 4 rings (SSSR count). The number of carbonyl (C=O) groups excluding carboxylic acids is 1. The van der Waals surface area contributed by atoms with Gasteiger partial charge >= 0.3 is 0 Å². The van der Waals surface area contributed by atoms with Crippen LogP contribution in [0.3, 0.4) is 0 Å². The highest BCUT2D eigenvalue weighted by Crippen LogP contribution is 2.32. The van der Waals surface area contributed by atoms with Crippen LogP contribution in [0.4, 0.5) is 4.39 Å².